The van der Waals surface area contributed by atoms with E-state index in [1.54, 1.807) is 0 Å². The van der Waals surface area contributed by atoms with Gasteiger partial charge < -0.3 is 15.0 Å². The van der Waals surface area contributed by atoms with Crippen LogP contribution in [0, 0.1) is 11.3 Å². The van der Waals surface area contributed by atoms with E-state index in [0.717, 1.165) is 31.4 Å². The molecule has 0 radical (unpaired) electrons. The van der Waals surface area contributed by atoms with E-state index in [-0.39, 0.29) is 6.61 Å². The fraction of sp³-hybridized carbons (Fsp3) is 0.533. The normalized spacial score (nSPS) is 14.4. The maximum absolute atomic E-state index is 8.48. The van der Waals surface area contributed by atoms with E-state index in [1.807, 2.05) is 24.3 Å². The summed E-state index contributed by atoms with van der Waals surface area (Å²) in [6.45, 7) is 3.02. The van der Waals surface area contributed by atoms with Crippen LogP contribution >= 0.6 is 0 Å². The van der Waals surface area contributed by atoms with Crippen molar-refractivity contribution in [3.8, 4) is 11.8 Å². The number of hydrogen-bond acceptors (Lipinski definition) is 4. The lowest BCUT2D eigenvalue weighted by Gasteiger charge is -2.15. The first-order chi connectivity index (χ1) is 9.29. The predicted molar refractivity (Wildman–Crippen MR) is 74.9 cm³/mol. The van der Waals surface area contributed by atoms with Gasteiger partial charge in [0.25, 0.3) is 0 Å². The van der Waals surface area contributed by atoms with Gasteiger partial charge in [0, 0.05) is 25.7 Å². The van der Waals surface area contributed by atoms with Crippen molar-refractivity contribution in [2.75, 3.05) is 26.7 Å². The number of nitrogens with zero attached hydrogens (tertiary/aromatic N) is 2. The van der Waals surface area contributed by atoms with Gasteiger partial charge in [-0.15, -0.1) is 0 Å². The Labute approximate surface area is 115 Å². The summed E-state index contributed by atoms with van der Waals surface area (Å²) < 4.78 is 5.28. The van der Waals surface area contributed by atoms with Crippen molar-refractivity contribution < 1.29 is 4.74 Å². The maximum Gasteiger partial charge on any atom is 0.174 e. The zero-order valence-electron chi connectivity index (χ0n) is 11.4. The molecule has 2 rings (SSSR count). The topological polar surface area (TPSA) is 48.3 Å². The zero-order chi connectivity index (χ0) is 13.5. The average molecular weight is 259 g/mol. The lowest BCUT2D eigenvalue weighted by Crippen LogP contribution is -2.30. The number of hydrogen-bond donors (Lipinski definition) is 1. The Bertz CT molecular complexity index is 437. The highest BCUT2D eigenvalue weighted by molar-refractivity contribution is 5.28. The molecule has 0 spiro atoms. The van der Waals surface area contributed by atoms with Crippen molar-refractivity contribution in [3.63, 3.8) is 0 Å². The van der Waals surface area contributed by atoms with Gasteiger partial charge in [-0.2, -0.15) is 5.26 Å². The number of ether oxygens (including phenoxy) is 1. The number of likely N-dealkylation sites (N-methyl/N-ethyl adjacent to an activating group) is 1. The Morgan fingerprint density at radius 1 is 1.47 bits per heavy atom. The molecule has 1 aliphatic carbocycles. The smallest absolute Gasteiger partial charge is 0.174 e. The van der Waals surface area contributed by atoms with Crippen molar-refractivity contribution in [3.05, 3.63) is 29.8 Å². The van der Waals surface area contributed by atoms with Crippen molar-refractivity contribution in [1.29, 1.82) is 5.26 Å². The minimum atomic E-state index is 0.100. The van der Waals surface area contributed by atoms with Crippen LogP contribution in [0.15, 0.2) is 24.3 Å². The molecule has 4 nitrogen and oxygen atoms in total. The van der Waals surface area contributed by atoms with Gasteiger partial charge in [0.1, 0.15) is 11.8 Å². The Morgan fingerprint density at radius 2 is 2.32 bits per heavy atom. The zero-order valence-corrected chi connectivity index (χ0v) is 11.4. The highest BCUT2D eigenvalue weighted by Gasteiger charge is 2.25. The van der Waals surface area contributed by atoms with Crippen LogP contribution in [0.2, 0.25) is 0 Å². The predicted octanol–water partition coefficient (Wildman–Crippen LogP) is 1.77. The summed E-state index contributed by atoms with van der Waals surface area (Å²) in [6.07, 6.45) is 2.71. The standard InChI is InChI=1S/C15H21N3O/c1-18(14-5-6-14)9-8-17-12-13-3-2-4-15(11-13)19-10-7-16/h2-4,11,14,17H,5-6,8-10,12H2,1H3. The third-order valence-electron chi connectivity index (χ3n) is 3.34. The van der Waals surface area contributed by atoms with Gasteiger partial charge >= 0.3 is 0 Å². The summed E-state index contributed by atoms with van der Waals surface area (Å²) in [6, 6.07) is 10.7. The van der Waals surface area contributed by atoms with Gasteiger partial charge in [-0.3, -0.25) is 0 Å². The minimum absolute atomic E-state index is 0.100. The molecule has 0 aromatic heterocycles. The van der Waals surface area contributed by atoms with Gasteiger partial charge in [0.05, 0.1) is 0 Å². The summed E-state index contributed by atoms with van der Waals surface area (Å²) in [5.74, 6) is 0.760. The van der Waals surface area contributed by atoms with E-state index in [2.05, 4.69) is 23.3 Å². The molecule has 1 saturated carbocycles. The van der Waals surface area contributed by atoms with Crippen LogP contribution < -0.4 is 10.1 Å². The number of rotatable bonds is 8. The van der Waals surface area contributed by atoms with Gasteiger partial charge in [-0.05, 0) is 37.6 Å². The Hall–Kier alpha value is -1.57. The van der Waals surface area contributed by atoms with Crippen LogP contribution in [0.4, 0.5) is 0 Å². The lowest BCUT2D eigenvalue weighted by atomic mass is 10.2. The van der Waals surface area contributed by atoms with Gasteiger partial charge in [0.15, 0.2) is 6.61 Å². The molecule has 0 aliphatic heterocycles. The molecule has 1 fully saturated rings. The molecule has 0 bridgehead atoms. The van der Waals surface area contributed by atoms with E-state index in [9.17, 15) is 0 Å². The molecule has 0 heterocycles. The summed E-state index contributed by atoms with van der Waals surface area (Å²) in [5.41, 5.74) is 1.18. The fourth-order valence-electron chi connectivity index (χ4n) is 2.05. The van der Waals surface area contributed by atoms with Crippen LogP contribution in [0.3, 0.4) is 0 Å². The summed E-state index contributed by atoms with van der Waals surface area (Å²) in [7, 11) is 2.19. The SMILES string of the molecule is CN(CCNCc1cccc(OCC#N)c1)C1CC1. The van der Waals surface area contributed by atoms with E-state index in [4.69, 9.17) is 10.00 Å². The van der Waals surface area contributed by atoms with Crippen LogP contribution in [0.5, 0.6) is 5.75 Å². The third kappa shape index (κ3) is 4.90. The summed E-state index contributed by atoms with van der Waals surface area (Å²) in [4.78, 5) is 2.42. The molecule has 0 atom stereocenters. The van der Waals surface area contributed by atoms with Gasteiger partial charge in [0.2, 0.25) is 0 Å². The largest absolute Gasteiger partial charge is 0.479 e. The van der Waals surface area contributed by atoms with Crippen LogP contribution in [0.1, 0.15) is 18.4 Å². The molecule has 19 heavy (non-hydrogen) atoms. The van der Waals surface area contributed by atoms with E-state index in [1.165, 1.54) is 18.4 Å². The first-order valence-electron chi connectivity index (χ1n) is 6.79. The molecule has 0 saturated heterocycles. The first kappa shape index (κ1) is 13.9. The molecule has 1 aromatic carbocycles. The second-order valence-electron chi connectivity index (χ2n) is 4.98. The number of benzene rings is 1. The second-order valence-corrected chi connectivity index (χ2v) is 4.98. The molecule has 1 aromatic rings. The van der Waals surface area contributed by atoms with Crippen molar-refractivity contribution in [2.24, 2.45) is 0 Å². The minimum Gasteiger partial charge on any atom is -0.479 e. The Balaban J connectivity index is 1.68. The number of nitrogens with one attached hydrogen (secondary N) is 1. The van der Waals surface area contributed by atoms with E-state index < -0.39 is 0 Å². The van der Waals surface area contributed by atoms with Crippen molar-refractivity contribution >= 4 is 0 Å². The van der Waals surface area contributed by atoms with Crippen molar-refractivity contribution in [1.82, 2.24) is 10.2 Å². The highest BCUT2D eigenvalue weighted by atomic mass is 16.5. The molecule has 0 unspecified atom stereocenters. The molecular formula is C15H21N3O. The van der Waals surface area contributed by atoms with Crippen LogP contribution in [-0.4, -0.2) is 37.7 Å². The Kier molecular flexibility index (Phi) is 5.20. The van der Waals surface area contributed by atoms with Crippen LogP contribution in [-0.2, 0) is 6.54 Å². The number of nitriles is 1. The van der Waals surface area contributed by atoms with Crippen LogP contribution in [0.25, 0.3) is 0 Å². The third-order valence-corrected chi connectivity index (χ3v) is 3.34. The quantitative estimate of drug-likeness (QED) is 0.723. The summed E-state index contributed by atoms with van der Waals surface area (Å²) >= 11 is 0. The van der Waals surface area contributed by atoms with E-state index >= 15 is 0 Å². The lowest BCUT2D eigenvalue weighted by molar-refractivity contribution is 0.321. The first-order valence-corrected chi connectivity index (χ1v) is 6.79. The molecule has 1 aliphatic rings. The second kappa shape index (κ2) is 7.13. The van der Waals surface area contributed by atoms with Crippen molar-refractivity contribution in [2.45, 2.75) is 25.4 Å². The average Bonchev–Trinajstić information content (AvgIpc) is 3.26. The molecular weight excluding hydrogens is 238 g/mol. The van der Waals surface area contributed by atoms with Gasteiger partial charge in [-0.25, -0.2) is 0 Å². The molecule has 102 valence electrons. The van der Waals surface area contributed by atoms with Gasteiger partial charge in [-0.1, -0.05) is 12.1 Å². The molecule has 0 amide bonds. The molecule has 4 heteroatoms. The van der Waals surface area contributed by atoms with E-state index in [0.29, 0.717) is 0 Å². The monoisotopic (exact) mass is 259 g/mol. The summed E-state index contributed by atoms with van der Waals surface area (Å²) in [5, 5.41) is 11.9. The highest BCUT2D eigenvalue weighted by Crippen LogP contribution is 2.24. The molecule has 1 N–H and O–H groups in total. The fourth-order valence-corrected chi connectivity index (χ4v) is 2.05. The Morgan fingerprint density at radius 3 is 3.05 bits per heavy atom. The maximum atomic E-state index is 8.48.